The first-order chi connectivity index (χ1) is 8.72. The molecule has 1 aliphatic heterocycles. The molecule has 20 heavy (non-hydrogen) atoms. The molecule has 0 aromatic rings. The molecule has 1 aliphatic rings. The summed E-state index contributed by atoms with van der Waals surface area (Å²) in [7, 11) is -8.57. The summed E-state index contributed by atoms with van der Waals surface area (Å²) in [6, 6.07) is 2.21. The van der Waals surface area contributed by atoms with Crippen LogP contribution < -0.4 is 0 Å². The molecule has 0 aromatic carbocycles. The first-order valence-corrected chi connectivity index (χ1v) is 21.5. The second-order valence-electron chi connectivity index (χ2n) is 7.82. The van der Waals surface area contributed by atoms with Gasteiger partial charge in [0.05, 0.1) is 0 Å². The smallest absolute Gasteiger partial charge is 0.317 e. The van der Waals surface area contributed by atoms with Crippen LogP contribution in [-0.4, -0.2) is 43.0 Å². The molecular weight excluding hydrogens is 337 g/mol. The summed E-state index contributed by atoms with van der Waals surface area (Å²) in [6.45, 7) is 19.9. The summed E-state index contributed by atoms with van der Waals surface area (Å²) >= 11 is 0. The highest BCUT2D eigenvalue weighted by Crippen LogP contribution is 2.33. The topological polar surface area (TPSA) is 36.9 Å². The van der Waals surface area contributed by atoms with E-state index in [4.69, 9.17) is 16.5 Å². The first kappa shape index (κ1) is 19.0. The van der Waals surface area contributed by atoms with Gasteiger partial charge >= 0.3 is 25.7 Å². The highest BCUT2D eigenvalue weighted by molar-refractivity contribution is 6.93. The van der Waals surface area contributed by atoms with Gasteiger partial charge in [-0.05, 0) is 71.0 Å². The lowest BCUT2D eigenvalue weighted by atomic mass is 10.9. The van der Waals surface area contributed by atoms with Crippen molar-refractivity contribution in [2.75, 3.05) is 0 Å². The summed E-state index contributed by atoms with van der Waals surface area (Å²) < 4.78 is 25.0. The normalized spacial score (nSPS) is 26.2. The van der Waals surface area contributed by atoms with Crippen molar-refractivity contribution in [3.63, 3.8) is 0 Å². The van der Waals surface area contributed by atoms with Crippen molar-refractivity contribution >= 4 is 43.0 Å². The molecule has 1 rings (SSSR count). The van der Waals surface area contributed by atoms with E-state index < -0.39 is 43.0 Å². The maximum absolute atomic E-state index is 6.32. The van der Waals surface area contributed by atoms with Crippen LogP contribution in [0.4, 0.5) is 0 Å². The van der Waals surface area contributed by atoms with Gasteiger partial charge in [-0.3, -0.25) is 0 Å². The van der Waals surface area contributed by atoms with Crippen LogP contribution in [0, 0.1) is 0 Å². The van der Waals surface area contributed by atoms with E-state index >= 15 is 0 Å². The van der Waals surface area contributed by atoms with E-state index in [1.165, 1.54) is 0 Å². The highest BCUT2D eigenvalue weighted by Gasteiger charge is 2.52. The predicted molar refractivity (Wildman–Crippen MR) is 96.9 cm³/mol. The minimum Gasteiger partial charge on any atom is -0.458 e. The van der Waals surface area contributed by atoms with Crippen LogP contribution in [0.25, 0.3) is 0 Å². The zero-order chi connectivity index (χ0) is 15.8. The van der Waals surface area contributed by atoms with Gasteiger partial charge in [-0.2, -0.15) is 0 Å². The third kappa shape index (κ3) is 6.79. The molecule has 1 unspecified atom stereocenters. The molecule has 1 atom stereocenters. The van der Waals surface area contributed by atoms with Crippen molar-refractivity contribution in [3.05, 3.63) is 0 Å². The average Bonchev–Trinajstić information content (AvgIpc) is 2.05. The quantitative estimate of drug-likeness (QED) is 0.693. The summed E-state index contributed by atoms with van der Waals surface area (Å²) in [6.07, 6.45) is 0. The summed E-state index contributed by atoms with van der Waals surface area (Å²) in [5.74, 6) is 0. The van der Waals surface area contributed by atoms with Crippen molar-refractivity contribution < 1.29 is 16.5 Å². The van der Waals surface area contributed by atoms with Crippen molar-refractivity contribution in [3.8, 4) is 0 Å². The average molecular weight is 369 g/mol. The molecule has 0 amide bonds. The Bertz CT molecular complexity index is 326. The Morgan fingerprint density at radius 3 is 1.75 bits per heavy atom. The molecule has 0 aliphatic carbocycles. The lowest BCUT2D eigenvalue weighted by molar-refractivity contribution is 0.233. The maximum atomic E-state index is 6.32. The van der Waals surface area contributed by atoms with Crippen molar-refractivity contribution in [1.82, 2.24) is 0 Å². The monoisotopic (exact) mass is 368 g/mol. The van der Waals surface area contributed by atoms with Gasteiger partial charge in [-0.1, -0.05) is 0 Å². The summed E-state index contributed by atoms with van der Waals surface area (Å²) in [5.41, 5.74) is 0. The highest BCUT2D eigenvalue weighted by atomic mass is 28.5. The van der Waals surface area contributed by atoms with Gasteiger partial charge in [0, 0.05) is 0 Å². The Kier molecular flexibility index (Phi) is 5.88. The van der Waals surface area contributed by atoms with Crippen LogP contribution in [0.5, 0.6) is 0 Å². The molecule has 4 nitrogen and oxygen atoms in total. The van der Waals surface area contributed by atoms with Crippen LogP contribution in [0.1, 0.15) is 0 Å². The minimum absolute atomic E-state index is 1.06. The molecule has 0 bridgehead atoms. The van der Waals surface area contributed by atoms with Gasteiger partial charge in [0.1, 0.15) is 0 Å². The molecule has 120 valence electrons. The fourth-order valence-corrected chi connectivity index (χ4v) is 27.4. The Balaban J connectivity index is 2.61. The number of hydrogen-bond donors (Lipinski definition) is 0. The molecule has 0 saturated carbocycles. The van der Waals surface area contributed by atoms with E-state index in [0.717, 1.165) is 12.1 Å². The SMILES string of the molecule is C[SiH](CC[Si]1(C)O[Si](C)(C)O[Si](C)(C)O1)O[Si](C)(C)C. The third-order valence-corrected chi connectivity index (χ3v) is 21.6. The van der Waals surface area contributed by atoms with Crippen LogP contribution in [0.15, 0.2) is 0 Å². The van der Waals surface area contributed by atoms with Gasteiger partial charge in [0.15, 0.2) is 17.4 Å². The maximum Gasteiger partial charge on any atom is 0.317 e. The fraction of sp³-hybridized carbons (Fsp3) is 1.00. The fourth-order valence-electron chi connectivity index (χ4n) is 2.92. The van der Waals surface area contributed by atoms with Crippen molar-refractivity contribution in [2.45, 2.75) is 71.0 Å². The van der Waals surface area contributed by atoms with E-state index in [1.54, 1.807) is 0 Å². The standard InChI is InChI=1S/C11H32O4Si5/c1-16(12-17(2,3)4)10-11-20(9)14-18(5,6)13-19(7,8)15-20/h16H,10-11H2,1-9H3. The van der Waals surface area contributed by atoms with E-state index in [0.29, 0.717) is 0 Å². The predicted octanol–water partition coefficient (Wildman–Crippen LogP) is 3.73. The third-order valence-electron chi connectivity index (χ3n) is 2.97. The lowest BCUT2D eigenvalue weighted by Gasteiger charge is -2.48. The van der Waals surface area contributed by atoms with Crippen LogP contribution in [0.3, 0.4) is 0 Å². The zero-order valence-electron chi connectivity index (χ0n) is 14.6. The number of rotatable bonds is 5. The first-order valence-electron chi connectivity index (χ1n) is 7.50. The zero-order valence-corrected chi connectivity index (χ0v) is 19.8. The minimum atomic E-state index is -2.08. The van der Waals surface area contributed by atoms with Crippen LogP contribution >= 0.6 is 0 Å². The largest absolute Gasteiger partial charge is 0.458 e. The van der Waals surface area contributed by atoms with Crippen LogP contribution in [-0.2, 0) is 16.5 Å². The summed E-state index contributed by atoms with van der Waals surface area (Å²) in [5, 5.41) is 0. The molecule has 1 heterocycles. The lowest BCUT2D eigenvalue weighted by Crippen LogP contribution is -2.65. The van der Waals surface area contributed by atoms with E-state index in [2.05, 4.69) is 58.9 Å². The van der Waals surface area contributed by atoms with Gasteiger partial charge in [-0.15, -0.1) is 0 Å². The van der Waals surface area contributed by atoms with E-state index in [1.807, 2.05) is 0 Å². The van der Waals surface area contributed by atoms with Gasteiger partial charge in [0.2, 0.25) is 0 Å². The Morgan fingerprint density at radius 2 is 1.35 bits per heavy atom. The molecule has 0 N–H and O–H groups in total. The molecule has 1 saturated heterocycles. The molecule has 0 aromatic heterocycles. The van der Waals surface area contributed by atoms with Crippen molar-refractivity contribution in [2.24, 2.45) is 0 Å². The molecule has 0 spiro atoms. The van der Waals surface area contributed by atoms with Crippen LogP contribution in [0.2, 0.25) is 71.0 Å². The Morgan fingerprint density at radius 1 is 0.900 bits per heavy atom. The van der Waals surface area contributed by atoms with Crippen molar-refractivity contribution in [1.29, 1.82) is 0 Å². The van der Waals surface area contributed by atoms with E-state index in [9.17, 15) is 0 Å². The van der Waals surface area contributed by atoms with Gasteiger partial charge in [0.25, 0.3) is 0 Å². The second kappa shape index (κ2) is 6.20. The molecule has 9 heteroatoms. The Labute approximate surface area is 130 Å². The molecule has 0 radical (unpaired) electrons. The number of hydrogen-bond acceptors (Lipinski definition) is 4. The second-order valence-corrected chi connectivity index (χ2v) is 26.0. The van der Waals surface area contributed by atoms with E-state index in [-0.39, 0.29) is 0 Å². The Hall–Kier alpha value is 0.924. The summed E-state index contributed by atoms with van der Waals surface area (Å²) in [4.78, 5) is 0. The molecular formula is C11H32O4Si5. The van der Waals surface area contributed by atoms with Gasteiger partial charge < -0.3 is 16.5 Å². The van der Waals surface area contributed by atoms with Gasteiger partial charge in [-0.25, -0.2) is 0 Å². The molecule has 1 fully saturated rings.